The zero-order valence-corrected chi connectivity index (χ0v) is 10.9. The molecule has 0 spiro atoms. The van der Waals surface area contributed by atoms with Crippen LogP contribution in [0.15, 0.2) is 18.2 Å². The fourth-order valence-electron chi connectivity index (χ4n) is 1.87. The number of aliphatic hydroxyl groups is 1. The second kappa shape index (κ2) is 5.89. The van der Waals surface area contributed by atoms with Crippen LogP contribution in [0.1, 0.15) is 12.5 Å². The van der Waals surface area contributed by atoms with E-state index < -0.39 is 5.60 Å². The van der Waals surface area contributed by atoms with Crippen LogP contribution in [-0.4, -0.2) is 38.5 Å². The van der Waals surface area contributed by atoms with E-state index in [4.69, 9.17) is 9.47 Å². The molecule has 0 aliphatic heterocycles. The van der Waals surface area contributed by atoms with Gasteiger partial charge in [0.15, 0.2) is 11.5 Å². The van der Waals surface area contributed by atoms with Gasteiger partial charge >= 0.3 is 0 Å². The van der Waals surface area contributed by atoms with Crippen molar-refractivity contribution in [3.8, 4) is 11.5 Å². The van der Waals surface area contributed by atoms with Gasteiger partial charge in [-0.05, 0) is 31.7 Å². The molecule has 1 aromatic rings. The predicted molar refractivity (Wildman–Crippen MR) is 67.8 cm³/mol. The molecule has 0 amide bonds. The van der Waals surface area contributed by atoms with Crippen molar-refractivity contribution in [2.75, 3.05) is 27.8 Å². The minimum absolute atomic E-state index is 0.543. The lowest BCUT2D eigenvalue weighted by molar-refractivity contribution is 0.0622. The maximum absolute atomic E-state index is 10.1. The third-order valence-corrected chi connectivity index (χ3v) is 2.59. The Balaban J connectivity index is 2.85. The summed E-state index contributed by atoms with van der Waals surface area (Å²) in [6.07, 6.45) is 0.564. The van der Waals surface area contributed by atoms with Crippen LogP contribution in [0.25, 0.3) is 0 Å². The highest BCUT2D eigenvalue weighted by molar-refractivity contribution is 5.43. The van der Waals surface area contributed by atoms with E-state index in [0.717, 1.165) is 5.56 Å². The van der Waals surface area contributed by atoms with Crippen molar-refractivity contribution >= 4 is 0 Å². The second-order valence-electron chi connectivity index (χ2n) is 4.39. The Kier molecular flexibility index (Phi) is 4.78. The highest BCUT2D eigenvalue weighted by atomic mass is 16.5. The first kappa shape index (κ1) is 13.8. The number of hydrogen-bond acceptors (Lipinski definition) is 4. The third-order valence-electron chi connectivity index (χ3n) is 2.59. The van der Waals surface area contributed by atoms with Gasteiger partial charge in [-0.1, -0.05) is 6.07 Å². The summed E-state index contributed by atoms with van der Waals surface area (Å²) >= 11 is 0. The standard InChI is InChI=1S/C13H21NO3/c1-13(15,9-14-2)8-10-5-6-11(16-3)12(7-10)17-4/h5-7,14-15H,8-9H2,1-4H3. The molecular formula is C13H21NO3. The van der Waals surface area contributed by atoms with Gasteiger partial charge < -0.3 is 19.9 Å². The first-order chi connectivity index (χ1) is 8.02. The van der Waals surface area contributed by atoms with E-state index in [1.807, 2.05) is 25.2 Å². The van der Waals surface area contributed by atoms with Gasteiger partial charge in [0.1, 0.15) is 0 Å². The van der Waals surface area contributed by atoms with E-state index in [9.17, 15) is 5.11 Å². The lowest BCUT2D eigenvalue weighted by Gasteiger charge is -2.23. The summed E-state index contributed by atoms with van der Waals surface area (Å²) in [5.41, 5.74) is 0.247. The zero-order valence-electron chi connectivity index (χ0n) is 10.9. The molecule has 17 heavy (non-hydrogen) atoms. The van der Waals surface area contributed by atoms with Crippen molar-refractivity contribution < 1.29 is 14.6 Å². The average Bonchev–Trinajstić information content (AvgIpc) is 2.28. The quantitative estimate of drug-likeness (QED) is 0.783. The minimum atomic E-state index is -0.769. The molecule has 4 heteroatoms. The largest absolute Gasteiger partial charge is 0.493 e. The third kappa shape index (κ3) is 3.91. The molecule has 0 saturated carbocycles. The normalized spacial score (nSPS) is 14.2. The zero-order chi connectivity index (χ0) is 12.9. The SMILES string of the molecule is CNCC(C)(O)Cc1ccc(OC)c(OC)c1. The van der Waals surface area contributed by atoms with Gasteiger partial charge in [0.2, 0.25) is 0 Å². The number of nitrogens with one attached hydrogen (secondary N) is 1. The number of likely N-dealkylation sites (N-methyl/N-ethyl adjacent to an activating group) is 1. The van der Waals surface area contributed by atoms with Crippen LogP contribution < -0.4 is 14.8 Å². The van der Waals surface area contributed by atoms with Gasteiger partial charge in [-0.2, -0.15) is 0 Å². The molecule has 0 saturated heterocycles. The fraction of sp³-hybridized carbons (Fsp3) is 0.538. The molecule has 4 nitrogen and oxygen atoms in total. The van der Waals surface area contributed by atoms with Crippen molar-refractivity contribution in [1.29, 1.82) is 0 Å². The molecule has 0 aliphatic rings. The lowest BCUT2D eigenvalue weighted by Crippen LogP contribution is -2.38. The first-order valence-corrected chi connectivity index (χ1v) is 5.60. The summed E-state index contributed by atoms with van der Waals surface area (Å²) in [4.78, 5) is 0. The van der Waals surface area contributed by atoms with Crippen LogP contribution in [-0.2, 0) is 6.42 Å². The molecule has 1 rings (SSSR count). The fourth-order valence-corrected chi connectivity index (χ4v) is 1.87. The van der Waals surface area contributed by atoms with Crippen molar-refractivity contribution in [3.63, 3.8) is 0 Å². The molecule has 0 aromatic heterocycles. The topological polar surface area (TPSA) is 50.7 Å². The van der Waals surface area contributed by atoms with Gasteiger partial charge in [0.25, 0.3) is 0 Å². The van der Waals surface area contributed by atoms with Gasteiger partial charge in [-0.3, -0.25) is 0 Å². The van der Waals surface area contributed by atoms with Crippen molar-refractivity contribution in [1.82, 2.24) is 5.32 Å². The summed E-state index contributed by atoms with van der Waals surface area (Å²) in [7, 11) is 5.03. The molecule has 0 fully saturated rings. The number of hydrogen-bond donors (Lipinski definition) is 2. The van der Waals surface area contributed by atoms with Crippen molar-refractivity contribution in [2.45, 2.75) is 18.9 Å². The molecule has 1 aromatic carbocycles. The first-order valence-electron chi connectivity index (χ1n) is 5.60. The van der Waals surface area contributed by atoms with Crippen LogP contribution in [0.4, 0.5) is 0 Å². The average molecular weight is 239 g/mol. The molecule has 1 atom stereocenters. The molecule has 0 heterocycles. The number of ether oxygens (including phenoxy) is 2. The van der Waals surface area contributed by atoms with E-state index >= 15 is 0 Å². The molecule has 0 aliphatic carbocycles. The number of benzene rings is 1. The van der Waals surface area contributed by atoms with E-state index in [-0.39, 0.29) is 0 Å². The number of methoxy groups -OCH3 is 2. The summed E-state index contributed by atoms with van der Waals surface area (Å²) in [6, 6.07) is 5.68. The lowest BCUT2D eigenvalue weighted by atomic mass is 9.96. The Hall–Kier alpha value is -1.26. The molecule has 0 radical (unpaired) electrons. The Morgan fingerprint density at radius 2 is 1.88 bits per heavy atom. The molecular weight excluding hydrogens is 218 g/mol. The Morgan fingerprint density at radius 1 is 1.24 bits per heavy atom. The molecule has 2 N–H and O–H groups in total. The van der Waals surface area contributed by atoms with Crippen LogP contribution in [0.2, 0.25) is 0 Å². The summed E-state index contributed by atoms with van der Waals surface area (Å²) in [5, 5.41) is 13.1. The van der Waals surface area contributed by atoms with Crippen molar-refractivity contribution in [3.05, 3.63) is 23.8 Å². The Morgan fingerprint density at radius 3 is 2.41 bits per heavy atom. The van der Waals surface area contributed by atoms with Gasteiger partial charge in [-0.25, -0.2) is 0 Å². The van der Waals surface area contributed by atoms with Gasteiger partial charge in [-0.15, -0.1) is 0 Å². The van der Waals surface area contributed by atoms with E-state index in [1.165, 1.54) is 0 Å². The second-order valence-corrected chi connectivity index (χ2v) is 4.39. The van der Waals surface area contributed by atoms with Gasteiger partial charge in [0, 0.05) is 13.0 Å². The van der Waals surface area contributed by atoms with Gasteiger partial charge in [0.05, 0.1) is 19.8 Å². The monoisotopic (exact) mass is 239 g/mol. The van der Waals surface area contributed by atoms with E-state index in [0.29, 0.717) is 24.5 Å². The highest BCUT2D eigenvalue weighted by Gasteiger charge is 2.20. The number of rotatable bonds is 6. The van der Waals surface area contributed by atoms with Crippen molar-refractivity contribution in [2.24, 2.45) is 0 Å². The highest BCUT2D eigenvalue weighted by Crippen LogP contribution is 2.28. The smallest absolute Gasteiger partial charge is 0.160 e. The molecule has 0 bridgehead atoms. The molecule has 1 unspecified atom stereocenters. The maximum atomic E-state index is 10.1. The summed E-state index contributed by atoms with van der Waals surface area (Å²) in [6.45, 7) is 2.35. The van der Waals surface area contributed by atoms with Crippen LogP contribution >= 0.6 is 0 Å². The summed E-state index contributed by atoms with van der Waals surface area (Å²) < 4.78 is 10.4. The Labute approximate surface area is 103 Å². The van der Waals surface area contributed by atoms with Crippen LogP contribution in [0, 0.1) is 0 Å². The van der Waals surface area contributed by atoms with E-state index in [1.54, 1.807) is 21.1 Å². The summed E-state index contributed by atoms with van der Waals surface area (Å²) in [5.74, 6) is 1.38. The van der Waals surface area contributed by atoms with Crippen LogP contribution in [0.5, 0.6) is 11.5 Å². The Bertz CT molecular complexity index is 364. The van der Waals surface area contributed by atoms with E-state index in [2.05, 4.69) is 5.32 Å². The predicted octanol–water partition coefficient (Wildman–Crippen LogP) is 1.22. The van der Waals surface area contributed by atoms with Crippen LogP contribution in [0.3, 0.4) is 0 Å². The molecule has 96 valence electrons. The maximum Gasteiger partial charge on any atom is 0.160 e. The minimum Gasteiger partial charge on any atom is -0.493 e.